The number of likely N-dealkylation sites (tertiary alicyclic amines) is 1. The van der Waals surface area contributed by atoms with Crippen LogP contribution in [0.3, 0.4) is 0 Å². The van der Waals surface area contributed by atoms with E-state index in [-0.39, 0.29) is 11.8 Å². The Balaban J connectivity index is 1.70. The third-order valence-corrected chi connectivity index (χ3v) is 4.47. The number of benzene rings is 2. The lowest BCUT2D eigenvalue weighted by atomic mass is 9.98. The van der Waals surface area contributed by atoms with Crippen molar-refractivity contribution in [3.05, 3.63) is 65.7 Å². The predicted octanol–water partition coefficient (Wildman–Crippen LogP) is 3.81. The fourth-order valence-corrected chi connectivity index (χ4v) is 2.92. The summed E-state index contributed by atoms with van der Waals surface area (Å²) in [5.74, 6) is 0.551. The molecule has 4 heteroatoms. The maximum atomic E-state index is 12.6. The van der Waals surface area contributed by atoms with Gasteiger partial charge in [0, 0.05) is 29.9 Å². The molecule has 24 heavy (non-hydrogen) atoms. The Hall–Kier alpha value is -2.62. The van der Waals surface area contributed by atoms with Gasteiger partial charge in [0.05, 0.1) is 0 Å². The summed E-state index contributed by atoms with van der Waals surface area (Å²) in [6.07, 6.45) is 2.10. The average Bonchev–Trinajstić information content (AvgIpc) is 2.63. The summed E-state index contributed by atoms with van der Waals surface area (Å²) in [6.45, 7) is 3.84. The number of carbonyl (C=O) groups excluding carboxylic acids is 2. The number of hydrogen-bond donors (Lipinski definition) is 1. The number of nitrogens with zero attached hydrogens (tertiary/aromatic N) is 1. The number of hydrogen-bond acceptors (Lipinski definition) is 2. The lowest BCUT2D eigenvalue weighted by Crippen LogP contribution is -2.37. The minimum absolute atomic E-state index is 0.0395. The van der Waals surface area contributed by atoms with Gasteiger partial charge in [0.15, 0.2) is 0 Å². The van der Waals surface area contributed by atoms with Crippen molar-refractivity contribution in [2.75, 3.05) is 18.4 Å². The van der Waals surface area contributed by atoms with E-state index in [2.05, 4.69) is 12.2 Å². The summed E-state index contributed by atoms with van der Waals surface area (Å²) >= 11 is 0. The molecule has 1 N–H and O–H groups in total. The molecule has 0 bridgehead atoms. The monoisotopic (exact) mass is 322 g/mol. The van der Waals surface area contributed by atoms with Crippen molar-refractivity contribution in [2.45, 2.75) is 19.8 Å². The van der Waals surface area contributed by atoms with Crippen LogP contribution in [0.25, 0.3) is 0 Å². The second-order valence-corrected chi connectivity index (χ2v) is 6.38. The zero-order valence-electron chi connectivity index (χ0n) is 13.9. The summed E-state index contributed by atoms with van der Waals surface area (Å²) in [7, 11) is 0. The highest BCUT2D eigenvalue weighted by molar-refractivity contribution is 6.05. The van der Waals surface area contributed by atoms with Gasteiger partial charge in [-0.2, -0.15) is 0 Å². The number of anilines is 1. The fraction of sp³-hybridized carbons (Fsp3) is 0.300. The van der Waals surface area contributed by atoms with Crippen LogP contribution in [-0.4, -0.2) is 29.8 Å². The molecule has 0 spiro atoms. The molecular weight excluding hydrogens is 300 g/mol. The summed E-state index contributed by atoms with van der Waals surface area (Å²) in [4.78, 5) is 26.8. The van der Waals surface area contributed by atoms with Crippen molar-refractivity contribution < 1.29 is 9.59 Å². The number of carbonyl (C=O) groups is 2. The van der Waals surface area contributed by atoms with Gasteiger partial charge in [-0.05, 0) is 49.1 Å². The molecule has 0 radical (unpaired) electrons. The predicted molar refractivity (Wildman–Crippen MR) is 95.1 cm³/mol. The van der Waals surface area contributed by atoms with Crippen LogP contribution in [0.4, 0.5) is 5.69 Å². The molecule has 4 nitrogen and oxygen atoms in total. The highest BCUT2D eigenvalue weighted by Crippen LogP contribution is 2.20. The normalized spacial score (nSPS) is 15.1. The first-order valence-corrected chi connectivity index (χ1v) is 8.39. The fourth-order valence-electron chi connectivity index (χ4n) is 2.92. The van der Waals surface area contributed by atoms with Crippen LogP contribution in [0.15, 0.2) is 54.6 Å². The van der Waals surface area contributed by atoms with E-state index in [0.29, 0.717) is 22.7 Å². The third-order valence-electron chi connectivity index (χ3n) is 4.47. The lowest BCUT2D eigenvalue weighted by molar-refractivity contribution is 0.0697. The SMILES string of the molecule is CC1CCN(C(=O)c2cccc(NC(=O)c3ccccc3)c2)CC1. The summed E-state index contributed by atoms with van der Waals surface area (Å²) in [5, 5.41) is 2.85. The van der Waals surface area contributed by atoms with E-state index < -0.39 is 0 Å². The molecule has 1 saturated heterocycles. The van der Waals surface area contributed by atoms with Gasteiger partial charge in [-0.15, -0.1) is 0 Å². The molecule has 2 aromatic carbocycles. The average molecular weight is 322 g/mol. The van der Waals surface area contributed by atoms with Gasteiger partial charge in [-0.1, -0.05) is 31.2 Å². The maximum Gasteiger partial charge on any atom is 0.255 e. The van der Waals surface area contributed by atoms with E-state index in [1.165, 1.54) is 0 Å². The summed E-state index contributed by atoms with van der Waals surface area (Å²) < 4.78 is 0. The third kappa shape index (κ3) is 3.82. The maximum absolute atomic E-state index is 12.6. The molecule has 0 aromatic heterocycles. The molecule has 0 unspecified atom stereocenters. The van der Waals surface area contributed by atoms with Crippen molar-refractivity contribution in [2.24, 2.45) is 5.92 Å². The van der Waals surface area contributed by atoms with Crippen LogP contribution in [-0.2, 0) is 0 Å². The van der Waals surface area contributed by atoms with Crippen LogP contribution in [0, 0.1) is 5.92 Å². The standard InChI is InChI=1S/C20H22N2O2/c1-15-10-12-22(13-11-15)20(24)17-8-5-9-18(14-17)21-19(23)16-6-3-2-4-7-16/h2-9,14-15H,10-13H2,1H3,(H,21,23). The minimum atomic E-state index is -0.174. The molecule has 0 saturated carbocycles. The second-order valence-electron chi connectivity index (χ2n) is 6.38. The molecule has 1 fully saturated rings. The van der Waals surface area contributed by atoms with Gasteiger partial charge in [0.2, 0.25) is 0 Å². The van der Waals surface area contributed by atoms with Gasteiger partial charge >= 0.3 is 0 Å². The molecule has 0 atom stereocenters. The zero-order valence-corrected chi connectivity index (χ0v) is 13.9. The van der Waals surface area contributed by atoms with Crippen molar-refractivity contribution >= 4 is 17.5 Å². The Kier molecular flexibility index (Phi) is 4.94. The van der Waals surface area contributed by atoms with Crippen LogP contribution >= 0.6 is 0 Å². The molecule has 1 heterocycles. The Morgan fingerprint density at radius 1 is 0.958 bits per heavy atom. The van der Waals surface area contributed by atoms with E-state index >= 15 is 0 Å². The Morgan fingerprint density at radius 3 is 2.33 bits per heavy atom. The van der Waals surface area contributed by atoms with Gasteiger partial charge in [-0.25, -0.2) is 0 Å². The van der Waals surface area contributed by atoms with E-state index in [1.54, 1.807) is 36.4 Å². The van der Waals surface area contributed by atoms with Crippen LogP contribution in [0.2, 0.25) is 0 Å². The summed E-state index contributed by atoms with van der Waals surface area (Å²) in [5.41, 5.74) is 1.86. The number of amides is 2. The van der Waals surface area contributed by atoms with E-state index in [1.807, 2.05) is 23.1 Å². The van der Waals surface area contributed by atoms with Crippen molar-refractivity contribution in [3.8, 4) is 0 Å². The zero-order chi connectivity index (χ0) is 16.9. The lowest BCUT2D eigenvalue weighted by Gasteiger charge is -2.30. The molecule has 3 rings (SSSR count). The first-order valence-electron chi connectivity index (χ1n) is 8.39. The van der Waals surface area contributed by atoms with Crippen molar-refractivity contribution in [3.63, 3.8) is 0 Å². The Morgan fingerprint density at radius 2 is 1.62 bits per heavy atom. The molecule has 124 valence electrons. The quantitative estimate of drug-likeness (QED) is 0.934. The van der Waals surface area contributed by atoms with Crippen molar-refractivity contribution in [1.29, 1.82) is 0 Å². The molecular formula is C20H22N2O2. The van der Waals surface area contributed by atoms with Crippen LogP contribution in [0.5, 0.6) is 0 Å². The van der Waals surface area contributed by atoms with Crippen LogP contribution < -0.4 is 5.32 Å². The van der Waals surface area contributed by atoms with E-state index in [0.717, 1.165) is 25.9 Å². The number of rotatable bonds is 3. The van der Waals surface area contributed by atoms with Gasteiger partial charge in [0.1, 0.15) is 0 Å². The van der Waals surface area contributed by atoms with Gasteiger partial charge in [-0.3, -0.25) is 9.59 Å². The molecule has 2 aromatic rings. The van der Waals surface area contributed by atoms with Gasteiger partial charge in [0.25, 0.3) is 11.8 Å². The van der Waals surface area contributed by atoms with Crippen LogP contribution in [0.1, 0.15) is 40.5 Å². The highest BCUT2D eigenvalue weighted by Gasteiger charge is 2.21. The minimum Gasteiger partial charge on any atom is -0.339 e. The van der Waals surface area contributed by atoms with E-state index in [9.17, 15) is 9.59 Å². The molecule has 0 aliphatic carbocycles. The summed E-state index contributed by atoms with van der Waals surface area (Å²) in [6, 6.07) is 16.2. The largest absolute Gasteiger partial charge is 0.339 e. The topological polar surface area (TPSA) is 49.4 Å². The molecule has 1 aliphatic heterocycles. The molecule has 1 aliphatic rings. The first kappa shape index (κ1) is 16.2. The smallest absolute Gasteiger partial charge is 0.255 e. The first-order chi connectivity index (χ1) is 11.6. The van der Waals surface area contributed by atoms with E-state index in [4.69, 9.17) is 0 Å². The highest BCUT2D eigenvalue weighted by atomic mass is 16.2. The Bertz CT molecular complexity index is 719. The number of nitrogens with one attached hydrogen (secondary N) is 1. The molecule has 2 amide bonds. The second kappa shape index (κ2) is 7.30. The Labute approximate surface area is 142 Å². The number of piperidine rings is 1. The van der Waals surface area contributed by atoms with Gasteiger partial charge < -0.3 is 10.2 Å². The van der Waals surface area contributed by atoms with Crippen molar-refractivity contribution in [1.82, 2.24) is 4.90 Å².